The lowest BCUT2D eigenvalue weighted by atomic mass is 9.83. The summed E-state index contributed by atoms with van der Waals surface area (Å²) in [6.07, 6.45) is 9.36. The molecule has 2 aliphatic carbocycles. The predicted octanol–water partition coefficient (Wildman–Crippen LogP) is 4.01. The summed E-state index contributed by atoms with van der Waals surface area (Å²) in [4.78, 5) is 14.8. The minimum absolute atomic E-state index is 0.209. The molecule has 0 N–H and O–H groups in total. The Balaban J connectivity index is 1.29. The summed E-state index contributed by atoms with van der Waals surface area (Å²) in [6.45, 7) is 3.21. The molecule has 126 valence electrons. The molecule has 1 aromatic carbocycles. The second-order valence-corrected chi connectivity index (χ2v) is 8.35. The van der Waals surface area contributed by atoms with Crippen LogP contribution in [0.2, 0.25) is 5.02 Å². The van der Waals surface area contributed by atoms with E-state index in [1.807, 2.05) is 12.1 Å². The highest BCUT2D eigenvalue weighted by molar-refractivity contribution is 6.31. The lowest BCUT2D eigenvalue weighted by Crippen LogP contribution is -2.44. The number of ether oxygens (including phenoxy) is 1. The summed E-state index contributed by atoms with van der Waals surface area (Å²) >= 11 is 6.04. The smallest absolute Gasteiger partial charge is 0.339 e. The molecule has 1 saturated heterocycles. The maximum atomic E-state index is 12.2. The van der Waals surface area contributed by atoms with Crippen LogP contribution >= 0.6 is 11.6 Å². The molecule has 0 amide bonds. The molecule has 0 aromatic heterocycles. The zero-order chi connectivity index (χ0) is 16.3. The van der Waals surface area contributed by atoms with E-state index in [9.17, 15) is 4.79 Å². The number of hydrogen-bond acceptors (Lipinski definition) is 3. The lowest BCUT2D eigenvalue weighted by Gasteiger charge is -2.40. The first-order valence-electron chi connectivity index (χ1n) is 9.07. The van der Waals surface area contributed by atoms with Crippen molar-refractivity contribution < 1.29 is 9.53 Å². The Hall–Kier alpha value is -1.32. The summed E-state index contributed by atoms with van der Waals surface area (Å²) in [5, 5.41) is 0.601. The van der Waals surface area contributed by atoms with E-state index < -0.39 is 5.60 Å². The number of likely N-dealkylation sites (tertiary alicyclic amines) is 1. The third-order valence-corrected chi connectivity index (χ3v) is 6.79. The van der Waals surface area contributed by atoms with E-state index in [4.69, 9.17) is 16.3 Å². The molecule has 2 fully saturated rings. The number of carbonyl (C=O) groups excluding carboxylic acids is 1. The number of hydrogen-bond donors (Lipinski definition) is 0. The molecule has 2 bridgehead atoms. The van der Waals surface area contributed by atoms with Crippen LogP contribution in [0.3, 0.4) is 0 Å². The first kappa shape index (κ1) is 15.0. The van der Waals surface area contributed by atoms with Crippen LogP contribution in [-0.4, -0.2) is 30.5 Å². The van der Waals surface area contributed by atoms with Gasteiger partial charge >= 0.3 is 5.97 Å². The fourth-order valence-corrected chi connectivity index (χ4v) is 5.45. The molecular formula is C20H22ClNO2. The van der Waals surface area contributed by atoms with Crippen LogP contribution in [0.25, 0.3) is 0 Å². The summed E-state index contributed by atoms with van der Waals surface area (Å²) in [5.41, 5.74) is 1.29. The van der Waals surface area contributed by atoms with Gasteiger partial charge in [0.1, 0.15) is 5.60 Å². The van der Waals surface area contributed by atoms with Crippen LogP contribution in [0.5, 0.6) is 0 Å². The number of nitrogens with zero attached hydrogens (tertiary/aromatic N) is 1. The number of fused-ring (bicyclic) bond motifs is 4. The highest BCUT2D eigenvalue weighted by Gasteiger charge is 2.48. The SMILES string of the molecule is O=C1OC2(CCN(C[C@H]3C[C@H]4C=C[C@H]3C4)CC2)c2ccc(Cl)cc21. The highest BCUT2D eigenvalue weighted by atomic mass is 35.5. The van der Waals surface area contributed by atoms with Gasteiger partial charge < -0.3 is 9.64 Å². The van der Waals surface area contributed by atoms with Gasteiger partial charge in [0.2, 0.25) is 0 Å². The quantitative estimate of drug-likeness (QED) is 0.600. The first-order chi connectivity index (χ1) is 11.6. The van der Waals surface area contributed by atoms with Gasteiger partial charge in [0.05, 0.1) is 5.56 Å². The molecule has 1 saturated carbocycles. The molecule has 24 heavy (non-hydrogen) atoms. The highest BCUT2D eigenvalue weighted by Crippen LogP contribution is 2.47. The van der Waals surface area contributed by atoms with Crippen LogP contribution in [0.1, 0.15) is 41.6 Å². The summed E-state index contributed by atoms with van der Waals surface area (Å²) in [7, 11) is 0. The van der Waals surface area contributed by atoms with Gasteiger partial charge in [-0.2, -0.15) is 0 Å². The summed E-state index contributed by atoms with van der Waals surface area (Å²) in [5.74, 6) is 2.26. The van der Waals surface area contributed by atoms with E-state index in [1.54, 1.807) is 6.07 Å². The van der Waals surface area contributed by atoms with Crippen LogP contribution in [0.4, 0.5) is 0 Å². The second-order valence-electron chi connectivity index (χ2n) is 7.91. The standard InChI is InChI=1S/C20H22ClNO2/c21-16-3-4-18-17(11-16)19(23)24-20(18)5-7-22(8-6-20)12-15-10-13-1-2-14(15)9-13/h1-4,11,13-15H,5-10,12H2/t13-,14-,15+/m0/s1. The topological polar surface area (TPSA) is 29.5 Å². The summed E-state index contributed by atoms with van der Waals surface area (Å²) in [6, 6.07) is 5.61. The predicted molar refractivity (Wildman–Crippen MR) is 93.1 cm³/mol. The number of halogens is 1. The van der Waals surface area contributed by atoms with Crippen molar-refractivity contribution in [3.8, 4) is 0 Å². The Morgan fingerprint density at radius 3 is 2.75 bits per heavy atom. The van der Waals surface area contributed by atoms with Crippen molar-refractivity contribution in [3.63, 3.8) is 0 Å². The maximum absolute atomic E-state index is 12.2. The van der Waals surface area contributed by atoms with E-state index in [2.05, 4.69) is 17.1 Å². The molecule has 0 unspecified atom stereocenters. The number of benzene rings is 1. The monoisotopic (exact) mass is 343 g/mol. The van der Waals surface area contributed by atoms with E-state index in [0.29, 0.717) is 10.6 Å². The number of allylic oxidation sites excluding steroid dienone is 2. The molecular weight excluding hydrogens is 322 g/mol. The first-order valence-corrected chi connectivity index (χ1v) is 9.45. The van der Waals surface area contributed by atoms with Gasteiger partial charge in [-0.25, -0.2) is 4.79 Å². The molecule has 2 aliphatic heterocycles. The molecule has 1 aromatic rings. The van der Waals surface area contributed by atoms with Gasteiger partial charge in [0.25, 0.3) is 0 Å². The Labute approximate surface area is 147 Å². The van der Waals surface area contributed by atoms with E-state index in [0.717, 1.165) is 49.2 Å². The van der Waals surface area contributed by atoms with Gasteiger partial charge in [-0.15, -0.1) is 0 Å². The molecule has 3 atom stereocenters. The average molecular weight is 344 g/mol. The van der Waals surface area contributed by atoms with Crippen LogP contribution in [-0.2, 0) is 10.3 Å². The van der Waals surface area contributed by atoms with Crippen molar-refractivity contribution in [2.75, 3.05) is 19.6 Å². The van der Waals surface area contributed by atoms with E-state index >= 15 is 0 Å². The average Bonchev–Trinajstić information content (AvgIpc) is 3.25. The number of rotatable bonds is 2. The third kappa shape index (κ3) is 2.25. The summed E-state index contributed by atoms with van der Waals surface area (Å²) < 4.78 is 5.85. The Morgan fingerprint density at radius 2 is 2.04 bits per heavy atom. The molecule has 4 heteroatoms. The van der Waals surface area contributed by atoms with E-state index in [-0.39, 0.29) is 5.97 Å². The molecule has 2 heterocycles. The molecule has 3 nitrogen and oxygen atoms in total. The van der Waals surface area contributed by atoms with Crippen LogP contribution in [0.15, 0.2) is 30.4 Å². The molecule has 1 spiro atoms. The van der Waals surface area contributed by atoms with Gasteiger partial charge in [-0.1, -0.05) is 29.8 Å². The van der Waals surface area contributed by atoms with Gasteiger partial charge in [0.15, 0.2) is 0 Å². The number of piperidine rings is 1. The van der Waals surface area contributed by atoms with Gasteiger partial charge in [-0.3, -0.25) is 0 Å². The van der Waals surface area contributed by atoms with Crippen molar-refractivity contribution in [2.24, 2.45) is 17.8 Å². The van der Waals surface area contributed by atoms with Gasteiger partial charge in [0, 0.05) is 43.1 Å². The molecule has 5 rings (SSSR count). The van der Waals surface area contributed by atoms with Crippen molar-refractivity contribution >= 4 is 17.6 Å². The van der Waals surface area contributed by atoms with Crippen molar-refractivity contribution in [1.29, 1.82) is 0 Å². The zero-order valence-corrected chi connectivity index (χ0v) is 14.5. The van der Waals surface area contributed by atoms with Crippen LogP contribution < -0.4 is 0 Å². The molecule has 0 radical (unpaired) electrons. The van der Waals surface area contributed by atoms with E-state index in [1.165, 1.54) is 19.4 Å². The van der Waals surface area contributed by atoms with Crippen molar-refractivity contribution in [2.45, 2.75) is 31.3 Å². The minimum Gasteiger partial charge on any atom is -0.450 e. The Kier molecular flexibility index (Phi) is 3.33. The lowest BCUT2D eigenvalue weighted by molar-refractivity contribution is -0.0450. The van der Waals surface area contributed by atoms with Gasteiger partial charge in [-0.05, 0) is 42.7 Å². The third-order valence-electron chi connectivity index (χ3n) is 6.55. The number of carbonyl (C=O) groups is 1. The van der Waals surface area contributed by atoms with Crippen molar-refractivity contribution in [1.82, 2.24) is 4.90 Å². The van der Waals surface area contributed by atoms with Crippen LogP contribution in [0, 0.1) is 17.8 Å². The zero-order valence-electron chi connectivity index (χ0n) is 13.7. The van der Waals surface area contributed by atoms with Crippen molar-refractivity contribution in [3.05, 3.63) is 46.5 Å². The number of esters is 1. The largest absolute Gasteiger partial charge is 0.450 e. The fraction of sp³-hybridized carbons (Fsp3) is 0.550. The molecule has 4 aliphatic rings. The maximum Gasteiger partial charge on any atom is 0.339 e. The Morgan fingerprint density at radius 1 is 1.21 bits per heavy atom. The normalized spacial score (nSPS) is 33.2. The fourth-order valence-electron chi connectivity index (χ4n) is 5.27. The second kappa shape index (κ2) is 5.34. The minimum atomic E-state index is -0.415. The Bertz CT molecular complexity index is 720.